The van der Waals surface area contributed by atoms with E-state index in [1.54, 1.807) is 41.3 Å². The highest BCUT2D eigenvalue weighted by Gasteiger charge is 2.46. The van der Waals surface area contributed by atoms with E-state index in [1.165, 1.54) is 0 Å². The van der Waals surface area contributed by atoms with Crippen LogP contribution in [-0.4, -0.2) is 79.2 Å². The summed E-state index contributed by atoms with van der Waals surface area (Å²) in [6.07, 6.45) is 2.53. The summed E-state index contributed by atoms with van der Waals surface area (Å²) in [6, 6.07) is 13.4. The summed E-state index contributed by atoms with van der Waals surface area (Å²) in [5.74, 6) is -0.272. The summed E-state index contributed by atoms with van der Waals surface area (Å²) in [6.45, 7) is 10.4. The van der Waals surface area contributed by atoms with Gasteiger partial charge in [-0.05, 0) is 48.4 Å². The van der Waals surface area contributed by atoms with Gasteiger partial charge in [0.05, 0.1) is 31.4 Å². The van der Waals surface area contributed by atoms with Gasteiger partial charge < -0.3 is 24.2 Å². The van der Waals surface area contributed by atoms with E-state index in [0.717, 1.165) is 19.5 Å². The maximum atomic E-state index is 13.3. The number of hydrogen-bond acceptors (Lipinski definition) is 7. The van der Waals surface area contributed by atoms with Crippen molar-refractivity contribution in [3.05, 3.63) is 77.9 Å². The van der Waals surface area contributed by atoms with E-state index in [-0.39, 0.29) is 11.3 Å². The molecule has 2 aliphatic rings. The Morgan fingerprint density at radius 1 is 1.08 bits per heavy atom. The predicted molar refractivity (Wildman–Crippen MR) is 141 cm³/mol. The van der Waals surface area contributed by atoms with E-state index in [9.17, 15) is 14.7 Å². The van der Waals surface area contributed by atoms with Crippen molar-refractivity contribution in [2.45, 2.75) is 19.4 Å². The second kappa shape index (κ2) is 12.6. The molecule has 0 bridgehead atoms. The van der Waals surface area contributed by atoms with Crippen LogP contribution >= 0.6 is 0 Å². The van der Waals surface area contributed by atoms with Crippen LogP contribution in [0.4, 0.5) is 0 Å². The lowest BCUT2D eigenvalue weighted by Crippen LogP contribution is -2.42. The molecule has 0 radical (unpaired) electrons. The lowest BCUT2D eigenvalue weighted by Gasteiger charge is -2.31. The Morgan fingerprint density at radius 2 is 1.84 bits per heavy atom. The summed E-state index contributed by atoms with van der Waals surface area (Å²) in [5, 5.41) is 11.3. The maximum Gasteiger partial charge on any atom is 0.295 e. The molecule has 2 saturated heterocycles. The molecule has 1 atom stereocenters. The van der Waals surface area contributed by atoms with Crippen LogP contribution < -0.4 is 9.47 Å². The monoisotopic (exact) mass is 506 g/mol. The molecule has 8 heteroatoms. The van der Waals surface area contributed by atoms with Crippen LogP contribution in [0.25, 0.3) is 5.76 Å². The Bertz CT molecular complexity index is 1140. The van der Waals surface area contributed by atoms with Crippen LogP contribution in [0.2, 0.25) is 0 Å². The number of nitrogens with zero attached hydrogens (tertiary/aromatic N) is 2. The number of amides is 1. The van der Waals surface area contributed by atoms with Crippen molar-refractivity contribution in [2.75, 3.05) is 52.6 Å². The lowest BCUT2D eigenvalue weighted by molar-refractivity contribution is -0.140. The minimum Gasteiger partial charge on any atom is -0.507 e. The molecule has 0 aromatic heterocycles. The van der Waals surface area contributed by atoms with Gasteiger partial charge in [-0.1, -0.05) is 31.7 Å². The van der Waals surface area contributed by atoms with Crippen LogP contribution in [-0.2, 0) is 14.3 Å². The van der Waals surface area contributed by atoms with Gasteiger partial charge in [0.1, 0.15) is 23.9 Å². The number of rotatable bonds is 11. The van der Waals surface area contributed by atoms with Gasteiger partial charge in [0.15, 0.2) is 0 Å². The molecule has 0 aliphatic carbocycles. The number of carbonyl (C=O) groups excluding carboxylic acids is 2. The molecule has 0 spiro atoms. The fourth-order valence-corrected chi connectivity index (χ4v) is 4.55. The first kappa shape index (κ1) is 26.4. The fourth-order valence-electron chi connectivity index (χ4n) is 4.55. The highest BCUT2D eigenvalue weighted by molar-refractivity contribution is 6.46. The molecule has 1 N–H and O–H groups in total. The minimum absolute atomic E-state index is 0.0649. The number of hydrogen-bond donors (Lipinski definition) is 1. The Morgan fingerprint density at radius 3 is 2.54 bits per heavy atom. The summed E-state index contributed by atoms with van der Waals surface area (Å²) in [7, 11) is 0. The summed E-state index contributed by atoms with van der Waals surface area (Å²) < 4.78 is 16.8. The SMILES string of the molecule is C=CCOc1cccc(C2/C(=C(\O)c3ccc(OCCC)cc3)C(=O)C(=O)N2CCN2CCOCC2)c1. The normalized spacial score (nSPS) is 19.7. The lowest BCUT2D eigenvalue weighted by atomic mass is 9.95. The Hall–Kier alpha value is -3.62. The number of likely N-dealkylation sites (tertiary alicyclic amines) is 1. The van der Waals surface area contributed by atoms with Crippen LogP contribution in [0.15, 0.2) is 66.8 Å². The van der Waals surface area contributed by atoms with E-state index in [2.05, 4.69) is 11.5 Å². The Balaban J connectivity index is 1.70. The molecule has 2 aromatic carbocycles. The number of ether oxygens (including phenoxy) is 3. The van der Waals surface area contributed by atoms with Crippen molar-refractivity contribution in [1.82, 2.24) is 9.80 Å². The third-order valence-electron chi connectivity index (χ3n) is 6.44. The average molecular weight is 507 g/mol. The number of benzene rings is 2. The van der Waals surface area contributed by atoms with E-state index >= 15 is 0 Å². The zero-order valence-electron chi connectivity index (χ0n) is 21.2. The number of ketones is 1. The van der Waals surface area contributed by atoms with Crippen LogP contribution in [0.5, 0.6) is 11.5 Å². The first-order valence-corrected chi connectivity index (χ1v) is 12.7. The molecule has 4 rings (SSSR count). The molecule has 2 heterocycles. The summed E-state index contributed by atoms with van der Waals surface area (Å²) >= 11 is 0. The van der Waals surface area contributed by atoms with Crippen LogP contribution in [0, 0.1) is 0 Å². The summed E-state index contributed by atoms with van der Waals surface area (Å²) in [4.78, 5) is 30.3. The van der Waals surface area contributed by atoms with E-state index in [0.29, 0.717) is 62.1 Å². The number of morpholine rings is 1. The predicted octanol–water partition coefficient (Wildman–Crippen LogP) is 3.79. The van der Waals surface area contributed by atoms with Crippen LogP contribution in [0.3, 0.4) is 0 Å². The molecule has 2 aromatic rings. The van der Waals surface area contributed by atoms with Gasteiger partial charge in [-0.3, -0.25) is 14.5 Å². The zero-order valence-corrected chi connectivity index (χ0v) is 21.2. The zero-order chi connectivity index (χ0) is 26.2. The van der Waals surface area contributed by atoms with E-state index < -0.39 is 17.7 Å². The largest absolute Gasteiger partial charge is 0.507 e. The second-order valence-electron chi connectivity index (χ2n) is 8.99. The molecule has 0 saturated carbocycles. The van der Waals surface area contributed by atoms with Crippen molar-refractivity contribution >= 4 is 17.4 Å². The van der Waals surface area contributed by atoms with Crippen molar-refractivity contribution in [1.29, 1.82) is 0 Å². The second-order valence-corrected chi connectivity index (χ2v) is 8.99. The number of aliphatic hydroxyl groups excluding tert-OH is 1. The number of carbonyl (C=O) groups is 2. The first-order valence-electron chi connectivity index (χ1n) is 12.7. The van der Waals surface area contributed by atoms with Crippen molar-refractivity contribution in [3.63, 3.8) is 0 Å². The molecule has 8 nitrogen and oxygen atoms in total. The van der Waals surface area contributed by atoms with Gasteiger partial charge >= 0.3 is 0 Å². The number of Topliss-reactive ketones (excluding diaryl/α,β-unsaturated/α-hetero) is 1. The van der Waals surface area contributed by atoms with Gasteiger partial charge in [-0.15, -0.1) is 0 Å². The van der Waals surface area contributed by atoms with Crippen LogP contribution in [0.1, 0.15) is 30.5 Å². The standard InChI is InChI=1S/C29H34N2O6/c1-3-16-36-23-10-8-21(9-11-23)27(32)25-26(22-6-5-7-24(20-22)37-17-4-2)31(29(34)28(25)33)13-12-30-14-18-35-19-15-30/h4-11,20,26,32H,2-3,12-19H2,1H3/b27-25+. The number of aliphatic hydroxyl groups is 1. The van der Waals surface area contributed by atoms with Crippen molar-refractivity contribution < 1.29 is 28.9 Å². The van der Waals surface area contributed by atoms with Crippen molar-refractivity contribution in [2.24, 2.45) is 0 Å². The Kier molecular flexibility index (Phi) is 8.98. The smallest absolute Gasteiger partial charge is 0.295 e. The molecule has 2 aliphatic heterocycles. The quantitative estimate of drug-likeness (QED) is 0.215. The first-order chi connectivity index (χ1) is 18.0. The molecular weight excluding hydrogens is 472 g/mol. The maximum absolute atomic E-state index is 13.3. The molecule has 1 amide bonds. The van der Waals surface area contributed by atoms with Gasteiger partial charge in [0, 0.05) is 31.7 Å². The van der Waals surface area contributed by atoms with E-state index in [1.807, 2.05) is 25.1 Å². The highest BCUT2D eigenvalue weighted by Crippen LogP contribution is 2.40. The highest BCUT2D eigenvalue weighted by atomic mass is 16.5. The Labute approximate surface area is 217 Å². The topological polar surface area (TPSA) is 88.5 Å². The molecule has 196 valence electrons. The van der Waals surface area contributed by atoms with Gasteiger partial charge in [0.2, 0.25) is 0 Å². The third-order valence-corrected chi connectivity index (χ3v) is 6.44. The average Bonchev–Trinajstić information content (AvgIpc) is 3.19. The minimum atomic E-state index is -0.746. The molecule has 2 fully saturated rings. The molecular formula is C29H34N2O6. The van der Waals surface area contributed by atoms with Gasteiger partial charge in [0.25, 0.3) is 11.7 Å². The van der Waals surface area contributed by atoms with Gasteiger partial charge in [-0.25, -0.2) is 0 Å². The summed E-state index contributed by atoms with van der Waals surface area (Å²) in [5.41, 5.74) is 1.20. The molecule has 37 heavy (non-hydrogen) atoms. The van der Waals surface area contributed by atoms with Gasteiger partial charge in [-0.2, -0.15) is 0 Å². The third kappa shape index (κ3) is 6.21. The molecule has 1 unspecified atom stereocenters. The fraction of sp³-hybridized carbons (Fsp3) is 0.379. The van der Waals surface area contributed by atoms with E-state index in [4.69, 9.17) is 14.2 Å². The van der Waals surface area contributed by atoms with Crippen molar-refractivity contribution in [3.8, 4) is 11.5 Å².